The van der Waals surface area contributed by atoms with Gasteiger partial charge in [-0.15, -0.1) is 0 Å². The standard InChI is InChI=1S/C20H20O3/c1-21-19-7-3-15(4-8-19)11-17-13-23-14-18(17)12-16-5-9-20(22-2)10-6-16/h3-10,13-14H,11-12H2,1-2H3. The normalized spacial score (nSPS) is 10.5. The number of hydrogen-bond acceptors (Lipinski definition) is 3. The Hall–Kier alpha value is -2.68. The minimum atomic E-state index is 0.853. The molecule has 3 nitrogen and oxygen atoms in total. The molecular weight excluding hydrogens is 288 g/mol. The number of benzene rings is 2. The van der Waals surface area contributed by atoms with E-state index >= 15 is 0 Å². The summed E-state index contributed by atoms with van der Waals surface area (Å²) in [6.45, 7) is 0. The summed E-state index contributed by atoms with van der Waals surface area (Å²) in [5.74, 6) is 1.75. The molecule has 0 N–H and O–H groups in total. The first-order valence-electron chi connectivity index (χ1n) is 7.58. The van der Waals surface area contributed by atoms with Gasteiger partial charge in [-0.1, -0.05) is 24.3 Å². The summed E-state index contributed by atoms with van der Waals surface area (Å²) < 4.78 is 15.8. The molecule has 23 heavy (non-hydrogen) atoms. The Kier molecular flexibility index (Phi) is 4.67. The number of methoxy groups -OCH3 is 2. The van der Waals surface area contributed by atoms with Crippen LogP contribution in [0.15, 0.2) is 65.5 Å². The third-order valence-electron chi connectivity index (χ3n) is 3.94. The quantitative estimate of drug-likeness (QED) is 0.673. The minimum Gasteiger partial charge on any atom is -0.497 e. The summed E-state index contributed by atoms with van der Waals surface area (Å²) in [4.78, 5) is 0. The van der Waals surface area contributed by atoms with Gasteiger partial charge in [0.2, 0.25) is 0 Å². The average molecular weight is 308 g/mol. The van der Waals surface area contributed by atoms with E-state index in [0.29, 0.717) is 0 Å². The average Bonchev–Trinajstić information content (AvgIpc) is 3.03. The molecule has 118 valence electrons. The van der Waals surface area contributed by atoms with E-state index in [2.05, 4.69) is 24.3 Å². The molecule has 0 amide bonds. The largest absolute Gasteiger partial charge is 0.497 e. The van der Waals surface area contributed by atoms with Crippen LogP contribution in [0.2, 0.25) is 0 Å². The maximum Gasteiger partial charge on any atom is 0.118 e. The Morgan fingerprint density at radius 1 is 0.652 bits per heavy atom. The zero-order valence-electron chi connectivity index (χ0n) is 13.4. The summed E-state index contributed by atoms with van der Waals surface area (Å²) in [6.07, 6.45) is 5.38. The molecule has 0 unspecified atom stereocenters. The van der Waals surface area contributed by atoms with Crippen LogP contribution in [0.4, 0.5) is 0 Å². The van der Waals surface area contributed by atoms with Crippen LogP contribution in [0, 0.1) is 0 Å². The molecule has 0 saturated heterocycles. The van der Waals surface area contributed by atoms with E-state index in [0.717, 1.165) is 24.3 Å². The van der Waals surface area contributed by atoms with Gasteiger partial charge in [0.1, 0.15) is 11.5 Å². The molecule has 3 aromatic rings. The number of rotatable bonds is 6. The van der Waals surface area contributed by atoms with Crippen molar-refractivity contribution >= 4 is 0 Å². The van der Waals surface area contributed by atoms with Crippen LogP contribution in [-0.4, -0.2) is 14.2 Å². The summed E-state index contributed by atoms with van der Waals surface area (Å²) in [6, 6.07) is 16.3. The maximum absolute atomic E-state index is 5.43. The Labute approximate surface area is 136 Å². The fraction of sp³-hybridized carbons (Fsp3) is 0.200. The first kappa shape index (κ1) is 15.2. The molecule has 0 bridgehead atoms. The summed E-state index contributed by atoms with van der Waals surface area (Å²) in [7, 11) is 3.36. The lowest BCUT2D eigenvalue weighted by Gasteiger charge is -2.06. The predicted molar refractivity (Wildman–Crippen MR) is 90.3 cm³/mol. The second kappa shape index (κ2) is 7.05. The molecule has 0 aliphatic carbocycles. The van der Waals surface area contributed by atoms with E-state index in [1.54, 1.807) is 14.2 Å². The highest BCUT2D eigenvalue weighted by Crippen LogP contribution is 2.21. The Bertz CT molecular complexity index is 675. The molecular formula is C20H20O3. The molecule has 0 radical (unpaired) electrons. The molecule has 0 saturated carbocycles. The molecule has 0 atom stereocenters. The van der Waals surface area contributed by atoms with Gasteiger partial charge in [0.15, 0.2) is 0 Å². The fourth-order valence-corrected chi connectivity index (χ4v) is 2.59. The molecule has 0 aliphatic rings. The van der Waals surface area contributed by atoms with Crippen molar-refractivity contribution in [2.75, 3.05) is 14.2 Å². The van der Waals surface area contributed by atoms with E-state index in [1.165, 1.54) is 22.3 Å². The predicted octanol–water partition coefficient (Wildman–Crippen LogP) is 4.48. The molecule has 1 aromatic heterocycles. The van der Waals surface area contributed by atoms with Crippen molar-refractivity contribution in [2.24, 2.45) is 0 Å². The zero-order chi connectivity index (χ0) is 16.1. The van der Waals surface area contributed by atoms with Gasteiger partial charge in [0.05, 0.1) is 26.7 Å². The van der Waals surface area contributed by atoms with E-state index in [9.17, 15) is 0 Å². The van der Waals surface area contributed by atoms with Crippen molar-refractivity contribution in [2.45, 2.75) is 12.8 Å². The van der Waals surface area contributed by atoms with Gasteiger partial charge in [0, 0.05) is 12.8 Å². The molecule has 1 heterocycles. The van der Waals surface area contributed by atoms with E-state index in [1.807, 2.05) is 36.8 Å². The molecule has 0 spiro atoms. The van der Waals surface area contributed by atoms with Crippen LogP contribution in [0.25, 0.3) is 0 Å². The second-order valence-electron chi connectivity index (χ2n) is 5.47. The van der Waals surface area contributed by atoms with E-state index in [-0.39, 0.29) is 0 Å². The van der Waals surface area contributed by atoms with Crippen molar-refractivity contribution in [3.63, 3.8) is 0 Å². The second-order valence-corrected chi connectivity index (χ2v) is 5.47. The maximum atomic E-state index is 5.43. The molecule has 3 heteroatoms. The molecule has 3 rings (SSSR count). The van der Waals surface area contributed by atoms with Crippen LogP contribution in [0.1, 0.15) is 22.3 Å². The lowest BCUT2D eigenvalue weighted by atomic mass is 9.99. The number of hydrogen-bond donors (Lipinski definition) is 0. The van der Waals surface area contributed by atoms with Crippen LogP contribution >= 0.6 is 0 Å². The van der Waals surface area contributed by atoms with Crippen molar-refractivity contribution in [3.05, 3.63) is 83.3 Å². The third-order valence-corrected chi connectivity index (χ3v) is 3.94. The Morgan fingerprint density at radius 3 is 1.39 bits per heavy atom. The first-order valence-corrected chi connectivity index (χ1v) is 7.58. The topological polar surface area (TPSA) is 31.6 Å². The Balaban J connectivity index is 1.73. The lowest BCUT2D eigenvalue weighted by molar-refractivity contribution is 0.414. The fourth-order valence-electron chi connectivity index (χ4n) is 2.59. The van der Waals surface area contributed by atoms with E-state index in [4.69, 9.17) is 13.9 Å². The van der Waals surface area contributed by atoms with Gasteiger partial charge in [-0.2, -0.15) is 0 Å². The third kappa shape index (κ3) is 3.75. The first-order chi connectivity index (χ1) is 11.3. The van der Waals surface area contributed by atoms with Crippen molar-refractivity contribution in [1.82, 2.24) is 0 Å². The van der Waals surface area contributed by atoms with E-state index < -0.39 is 0 Å². The summed E-state index contributed by atoms with van der Waals surface area (Å²) in [5.41, 5.74) is 4.91. The highest BCUT2D eigenvalue weighted by atomic mass is 16.5. The Morgan fingerprint density at radius 2 is 1.04 bits per heavy atom. The van der Waals surface area contributed by atoms with Crippen molar-refractivity contribution in [1.29, 1.82) is 0 Å². The van der Waals surface area contributed by atoms with Crippen LogP contribution in [-0.2, 0) is 12.8 Å². The van der Waals surface area contributed by atoms with Crippen molar-refractivity contribution in [3.8, 4) is 11.5 Å². The van der Waals surface area contributed by atoms with Gasteiger partial charge in [0.25, 0.3) is 0 Å². The smallest absolute Gasteiger partial charge is 0.118 e. The highest BCUT2D eigenvalue weighted by Gasteiger charge is 2.08. The van der Waals surface area contributed by atoms with Crippen molar-refractivity contribution < 1.29 is 13.9 Å². The lowest BCUT2D eigenvalue weighted by Crippen LogP contribution is -1.94. The molecule has 2 aromatic carbocycles. The summed E-state index contributed by atoms with van der Waals surface area (Å²) in [5, 5.41) is 0. The van der Waals surface area contributed by atoms with Crippen LogP contribution < -0.4 is 9.47 Å². The van der Waals surface area contributed by atoms with Crippen LogP contribution in [0.3, 0.4) is 0 Å². The molecule has 0 fully saturated rings. The van der Waals surface area contributed by atoms with Gasteiger partial charge < -0.3 is 13.9 Å². The number of furan rings is 1. The van der Waals surface area contributed by atoms with Gasteiger partial charge in [-0.05, 0) is 46.5 Å². The monoisotopic (exact) mass is 308 g/mol. The highest BCUT2D eigenvalue weighted by molar-refractivity contribution is 5.36. The van der Waals surface area contributed by atoms with Gasteiger partial charge in [-0.25, -0.2) is 0 Å². The van der Waals surface area contributed by atoms with Gasteiger partial charge in [-0.3, -0.25) is 0 Å². The van der Waals surface area contributed by atoms with Gasteiger partial charge >= 0.3 is 0 Å². The minimum absolute atomic E-state index is 0.853. The molecule has 0 aliphatic heterocycles. The summed E-state index contributed by atoms with van der Waals surface area (Å²) >= 11 is 0. The van der Waals surface area contributed by atoms with Crippen LogP contribution in [0.5, 0.6) is 11.5 Å². The zero-order valence-corrected chi connectivity index (χ0v) is 13.4. The number of ether oxygens (including phenoxy) is 2. The SMILES string of the molecule is COc1ccc(Cc2cocc2Cc2ccc(OC)cc2)cc1.